The Morgan fingerprint density at radius 2 is 1.60 bits per heavy atom. The minimum absolute atomic E-state index is 0.0517. The normalized spacial score (nSPS) is 15.3. The van der Waals surface area contributed by atoms with Gasteiger partial charge in [-0.15, -0.1) is 0 Å². The molecule has 0 saturated carbocycles. The summed E-state index contributed by atoms with van der Waals surface area (Å²) in [6, 6.07) is 15.0. The highest BCUT2D eigenvalue weighted by molar-refractivity contribution is 6.09. The van der Waals surface area contributed by atoms with Crippen LogP contribution < -0.4 is 15.5 Å². The number of hydrogen-bond donors (Lipinski definition) is 3. The lowest BCUT2D eigenvalue weighted by atomic mass is 10.1. The lowest BCUT2D eigenvalue weighted by molar-refractivity contribution is -0.883. The molecule has 3 rings (SSSR count). The molecule has 3 N–H and O–H groups in total. The fraction of sp³-hybridized carbons (Fsp3) is 0.348. The van der Waals surface area contributed by atoms with Gasteiger partial charge in [-0.25, -0.2) is 0 Å². The molecule has 0 aliphatic carbocycles. The number of piperazine rings is 1. The van der Waals surface area contributed by atoms with Gasteiger partial charge in [0.1, 0.15) is 6.04 Å². The topological polar surface area (TPSA) is 83.0 Å². The van der Waals surface area contributed by atoms with Crippen LogP contribution in [-0.4, -0.2) is 61.9 Å². The summed E-state index contributed by atoms with van der Waals surface area (Å²) < 4.78 is 0. The Bertz CT molecular complexity index is 892. The van der Waals surface area contributed by atoms with E-state index in [4.69, 9.17) is 0 Å². The van der Waals surface area contributed by atoms with Gasteiger partial charge in [-0.2, -0.15) is 0 Å². The molecule has 1 aliphatic heterocycles. The first-order valence-electron chi connectivity index (χ1n) is 10.4. The Morgan fingerprint density at radius 3 is 2.27 bits per heavy atom. The zero-order valence-corrected chi connectivity index (χ0v) is 17.5. The summed E-state index contributed by atoms with van der Waals surface area (Å²) in [6.07, 6.45) is 0.502. The highest BCUT2D eigenvalue weighted by Gasteiger charge is 2.28. The van der Waals surface area contributed by atoms with E-state index in [1.807, 2.05) is 17.9 Å². The average molecular weight is 410 g/mol. The van der Waals surface area contributed by atoms with Crippen molar-refractivity contribution in [3.05, 3.63) is 65.7 Å². The summed E-state index contributed by atoms with van der Waals surface area (Å²) in [5, 5.41) is 5.65. The van der Waals surface area contributed by atoms with Crippen LogP contribution in [-0.2, 0) is 4.79 Å². The first kappa shape index (κ1) is 21.5. The third-order valence-electron chi connectivity index (χ3n) is 5.40. The fourth-order valence-electron chi connectivity index (χ4n) is 3.48. The first-order valence-corrected chi connectivity index (χ1v) is 10.4. The molecular weight excluding hydrogens is 380 g/mol. The van der Waals surface area contributed by atoms with Crippen molar-refractivity contribution in [3.63, 3.8) is 0 Å². The van der Waals surface area contributed by atoms with Gasteiger partial charge in [-0.05, 0) is 30.7 Å². The predicted molar refractivity (Wildman–Crippen MR) is 116 cm³/mol. The lowest BCUT2D eigenvalue weighted by Crippen LogP contribution is -3.12. The summed E-state index contributed by atoms with van der Waals surface area (Å²) in [6.45, 7) is 5.09. The van der Waals surface area contributed by atoms with Gasteiger partial charge in [0.05, 0.1) is 44.5 Å². The number of likely N-dealkylation sites (N-methyl/N-ethyl adjacent to an activating group) is 1. The minimum Gasteiger partial charge on any atom is -0.340 e. The zero-order chi connectivity index (χ0) is 21.5. The molecule has 2 aromatic rings. The van der Waals surface area contributed by atoms with Crippen LogP contribution in [0, 0.1) is 0 Å². The highest BCUT2D eigenvalue weighted by atomic mass is 16.2. The van der Waals surface area contributed by atoms with Gasteiger partial charge in [0, 0.05) is 5.56 Å². The van der Waals surface area contributed by atoms with Crippen LogP contribution in [0.2, 0.25) is 0 Å². The largest absolute Gasteiger partial charge is 0.340 e. The van der Waals surface area contributed by atoms with E-state index >= 15 is 0 Å². The molecule has 1 atom stereocenters. The van der Waals surface area contributed by atoms with Crippen LogP contribution in [0.15, 0.2) is 54.6 Å². The van der Waals surface area contributed by atoms with Crippen molar-refractivity contribution < 1.29 is 19.3 Å². The number of para-hydroxylation sites is 1. The Morgan fingerprint density at radius 1 is 0.967 bits per heavy atom. The first-order chi connectivity index (χ1) is 14.5. The number of amides is 3. The van der Waals surface area contributed by atoms with Gasteiger partial charge in [0.15, 0.2) is 0 Å². The molecule has 2 aromatic carbocycles. The number of benzene rings is 2. The zero-order valence-electron chi connectivity index (χ0n) is 17.5. The number of carbonyl (C=O) groups excluding carboxylic acids is 3. The van der Waals surface area contributed by atoms with Crippen LogP contribution in [0.5, 0.6) is 0 Å². The van der Waals surface area contributed by atoms with Crippen LogP contribution >= 0.6 is 0 Å². The number of anilines is 1. The van der Waals surface area contributed by atoms with E-state index in [9.17, 15) is 14.4 Å². The Kier molecular flexibility index (Phi) is 7.19. The summed E-state index contributed by atoms with van der Waals surface area (Å²) >= 11 is 0. The van der Waals surface area contributed by atoms with Gasteiger partial charge >= 0.3 is 0 Å². The minimum atomic E-state index is -0.589. The number of nitrogens with zero attached hydrogens (tertiary/aromatic N) is 1. The SMILES string of the molecule is CC[C@H](NC(=O)c1ccccc1NC(=O)c1ccccc1)C(=O)N1CC[NH+](C)CC1. The van der Waals surface area contributed by atoms with E-state index in [0.29, 0.717) is 36.3 Å². The third-order valence-corrected chi connectivity index (χ3v) is 5.40. The van der Waals surface area contributed by atoms with Gasteiger partial charge in [-0.3, -0.25) is 14.4 Å². The molecule has 158 valence electrons. The summed E-state index contributed by atoms with van der Waals surface area (Å²) in [7, 11) is 2.11. The van der Waals surface area contributed by atoms with Crippen molar-refractivity contribution in [2.75, 3.05) is 38.5 Å². The molecular formula is C23H29N4O3+. The van der Waals surface area contributed by atoms with Crippen molar-refractivity contribution in [1.29, 1.82) is 0 Å². The van der Waals surface area contributed by atoms with E-state index < -0.39 is 6.04 Å². The maximum atomic E-state index is 13.0. The molecule has 1 fully saturated rings. The van der Waals surface area contributed by atoms with Crippen molar-refractivity contribution in [2.45, 2.75) is 19.4 Å². The van der Waals surface area contributed by atoms with E-state index in [2.05, 4.69) is 17.7 Å². The molecule has 0 aromatic heterocycles. The van der Waals surface area contributed by atoms with Crippen molar-refractivity contribution in [2.24, 2.45) is 0 Å². The second-order valence-corrected chi connectivity index (χ2v) is 7.58. The molecule has 1 saturated heterocycles. The second-order valence-electron chi connectivity index (χ2n) is 7.58. The summed E-state index contributed by atoms with van der Waals surface area (Å²) in [4.78, 5) is 41.6. The Balaban J connectivity index is 1.70. The van der Waals surface area contributed by atoms with Gasteiger partial charge in [-0.1, -0.05) is 37.3 Å². The third kappa shape index (κ3) is 5.24. The van der Waals surface area contributed by atoms with Crippen LogP contribution in [0.1, 0.15) is 34.1 Å². The van der Waals surface area contributed by atoms with E-state index in [1.165, 1.54) is 4.90 Å². The predicted octanol–water partition coefficient (Wildman–Crippen LogP) is 0.804. The molecule has 0 radical (unpaired) electrons. The van der Waals surface area contributed by atoms with Gasteiger partial charge in [0.25, 0.3) is 11.8 Å². The van der Waals surface area contributed by atoms with E-state index in [0.717, 1.165) is 13.1 Å². The molecule has 1 aliphatic rings. The maximum Gasteiger partial charge on any atom is 0.255 e. The molecule has 3 amide bonds. The molecule has 7 heteroatoms. The van der Waals surface area contributed by atoms with Crippen LogP contribution in [0.4, 0.5) is 5.69 Å². The number of hydrogen-bond acceptors (Lipinski definition) is 3. The molecule has 30 heavy (non-hydrogen) atoms. The number of rotatable bonds is 6. The van der Waals surface area contributed by atoms with Gasteiger partial charge < -0.3 is 20.4 Å². The van der Waals surface area contributed by atoms with E-state index in [-0.39, 0.29) is 17.7 Å². The Hall–Kier alpha value is -3.19. The maximum absolute atomic E-state index is 13.0. The standard InChI is InChI=1S/C23H28N4O3/c1-3-19(23(30)27-15-13-26(2)14-16-27)24-22(29)18-11-7-8-12-20(18)25-21(28)17-9-5-4-6-10-17/h4-12,19H,3,13-16H2,1-2H3,(H,24,29)(H,25,28)/p+1/t19-/m0/s1. The molecule has 0 bridgehead atoms. The highest BCUT2D eigenvalue weighted by Crippen LogP contribution is 2.17. The van der Waals surface area contributed by atoms with Crippen molar-refractivity contribution >= 4 is 23.4 Å². The number of carbonyl (C=O) groups is 3. The smallest absolute Gasteiger partial charge is 0.255 e. The number of quaternary nitrogens is 1. The molecule has 7 nitrogen and oxygen atoms in total. The summed E-state index contributed by atoms with van der Waals surface area (Å²) in [5.74, 6) is -0.720. The second kappa shape index (κ2) is 10.0. The lowest BCUT2D eigenvalue weighted by Gasteiger charge is -2.32. The van der Waals surface area contributed by atoms with E-state index in [1.54, 1.807) is 48.5 Å². The average Bonchev–Trinajstić information content (AvgIpc) is 2.78. The summed E-state index contributed by atoms with van der Waals surface area (Å²) in [5.41, 5.74) is 1.25. The fourth-order valence-corrected chi connectivity index (χ4v) is 3.48. The van der Waals surface area contributed by atoms with Gasteiger partial charge in [0.2, 0.25) is 5.91 Å². The van der Waals surface area contributed by atoms with Crippen LogP contribution in [0.3, 0.4) is 0 Å². The van der Waals surface area contributed by atoms with Crippen molar-refractivity contribution in [1.82, 2.24) is 10.2 Å². The molecule has 0 unspecified atom stereocenters. The Labute approximate surface area is 177 Å². The van der Waals surface area contributed by atoms with Crippen LogP contribution in [0.25, 0.3) is 0 Å². The number of nitrogens with one attached hydrogen (secondary N) is 3. The van der Waals surface area contributed by atoms with Crippen molar-refractivity contribution in [3.8, 4) is 0 Å². The monoisotopic (exact) mass is 409 g/mol. The quantitative estimate of drug-likeness (QED) is 0.660. The molecule has 1 heterocycles. The molecule has 0 spiro atoms.